The Labute approximate surface area is 188 Å². The lowest BCUT2D eigenvalue weighted by molar-refractivity contribution is 0.100. The van der Waals surface area contributed by atoms with Crippen LogP contribution in [0, 0.1) is 6.92 Å². The van der Waals surface area contributed by atoms with E-state index in [4.69, 9.17) is 25.2 Å². The zero-order valence-electron chi connectivity index (χ0n) is 17.3. The van der Waals surface area contributed by atoms with Gasteiger partial charge in [-0.1, -0.05) is 23.7 Å². The number of hydrogen-bond acceptors (Lipinski definition) is 6. The van der Waals surface area contributed by atoms with Gasteiger partial charge in [0.25, 0.3) is 17.6 Å². The molecule has 0 amide bonds. The SMILES string of the molecule is COc1ccc2c(c1)c(C(=O)c1nnc(-c3ccco3)o1)c(C)n2Cc1ccc(Cl)cc1. The fourth-order valence-electron chi connectivity index (χ4n) is 3.77. The number of halogens is 1. The maximum absolute atomic E-state index is 13.5. The number of ketones is 1. The van der Waals surface area contributed by atoms with Crippen LogP contribution in [-0.4, -0.2) is 27.7 Å². The van der Waals surface area contributed by atoms with Gasteiger partial charge in [0.2, 0.25) is 0 Å². The van der Waals surface area contributed by atoms with Crippen molar-refractivity contribution in [1.82, 2.24) is 14.8 Å². The summed E-state index contributed by atoms with van der Waals surface area (Å²) in [6, 6.07) is 16.7. The number of ether oxygens (including phenoxy) is 1. The topological polar surface area (TPSA) is 83.3 Å². The van der Waals surface area contributed by atoms with Crippen molar-refractivity contribution in [2.45, 2.75) is 13.5 Å². The molecule has 7 nitrogen and oxygen atoms in total. The maximum Gasteiger partial charge on any atom is 0.289 e. The number of carbonyl (C=O) groups excluding carboxylic acids is 1. The molecule has 3 heterocycles. The van der Waals surface area contributed by atoms with Crippen LogP contribution in [0.5, 0.6) is 5.75 Å². The summed E-state index contributed by atoms with van der Waals surface area (Å²) in [5.41, 5.74) is 3.22. The van der Waals surface area contributed by atoms with E-state index >= 15 is 0 Å². The molecule has 8 heteroatoms. The van der Waals surface area contributed by atoms with Gasteiger partial charge in [0.05, 0.1) is 18.9 Å². The van der Waals surface area contributed by atoms with E-state index in [9.17, 15) is 4.79 Å². The van der Waals surface area contributed by atoms with Crippen molar-refractivity contribution < 1.29 is 18.4 Å². The molecule has 0 fully saturated rings. The van der Waals surface area contributed by atoms with Crippen LogP contribution in [0.4, 0.5) is 0 Å². The largest absolute Gasteiger partial charge is 0.497 e. The molecule has 0 radical (unpaired) electrons. The van der Waals surface area contributed by atoms with E-state index in [0.29, 0.717) is 28.6 Å². The fourth-order valence-corrected chi connectivity index (χ4v) is 3.90. The van der Waals surface area contributed by atoms with E-state index < -0.39 is 0 Å². The lowest BCUT2D eigenvalue weighted by atomic mass is 10.1. The Morgan fingerprint density at radius 2 is 1.94 bits per heavy atom. The highest BCUT2D eigenvalue weighted by Crippen LogP contribution is 2.32. The van der Waals surface area contributed by atoms with Crippen LogP contribution in [0.3, 0.4) is 0 Å². The predicted molar refractivity (Wildman–Crippen MR) is 119 cm³/mol. The summed E-state index contributed by atoms with van der Waals surface area (Å²) in [4.78, 5) is 13.5. The van der Waals surface area contributed by atoms with Crippen molar-refractivity contribution in [3.05, 3.63) is 88.6 Å². The molecule has 160 valence electrons. The Kier molecular flexibility index (Phi) is 5.03. The van der Waals surface area contributed by atoms with Crippen molar-refractivity contribution in [2.24, 2.45) is 0 Å². The molecule has 0 N–H and O–H groups in total. The highest BCUT2D eigenvalue weighted by Gasteiger charge is 2.26. The van der Waals surface area contributed by atoms with E-state index in [1.54, 1.807) is 19.2 Å². The number of fused-ring (bicyclic) bond motifs is 1. The molecule has 5 aromatic rings. The van der Waals surface area contributed by atoms with Crippen LogP contribution in [-0.2, 0) is 6.54 Å². The lowest BCUT2D eigenvalue weighted by Gasteiger charge is -2.09. The van der Waals surface area contributed by atoms with E-state index in [0.717, 1.165) is 22.2 Å². The summed E-state index contributed by atoms with van der Waals surface area (Å²) >= 11 is 6.03. The van der Waals surface area contributed by atoms with E-state index in [2.05, 4.69) is 14.8 Å². The predicted octanol–water partition coefficient (Wildman–Crippen LogP) is 5.53. The lowest BCUT2D eigenvalue weighted by Crippen LogP contribution is -2.06. The highest BCUT2D eigenvalue weighted by atomic mass is 35.5. The van der Waals surface area contributed by atoms with Gasteiger partial charge in [-0.3, -0.25) is 4.79 Å². The smallest absolute Gasteiger partial charge is 0.289 e. The number of rotatable bonds is 6. The molecule has 3 aromatic heterocycles. The van der Waals surface area contributed by atoms with Gasteiger partial charge in [-0.2, -0.15) is 0 Å². The molecule has 5 rings (SSSR count). The molecule has 0 atom stereocenters. The number of furan rings is 1. The first-order valence-electron chi connectivity index (χ1n) is 9.88. The van der Waals surface area contributed by atoms with Gasteiger partial charge in [0.15, 0.2) is 5.76 Å². The van der Waals surface area contributed by atoms with E-state index in [1.165, 1.54) is 6.26 Å². The van der Waals surface area contributed by atoms with Gasteiger partial charge in [-0.15, -0.1) is 10.2 Å². The summed E-state index contributed by atoms with van der Waals surface area (Å²) in [7, 11) is 1.59. The molecular formula is C24H18ClN3O4. The Hall–Kier alpha value is -3.84. The molecule has 0 spiro atoms. The molecule has 0 aliphatic carbocycles. The van der Waals surface area contributed by atoms with Gasteiger partial charge in [-0.25, -0.2) is 0 Å². The highest BCUT2D eigenvalue weighted by molar-refractivity contribution is 6.30. The molecule has 32 heavy (non-hydrogen) atoms. The van der Waals surface area contributed by atoms with Crippen LogP contribution in [0.15, 0.2) is 69.7 Å². The summed E-state index contributed by atoms with van der Waals surface area (Å²) in [6.07, 6.45) is 1.50. The van der Waals surface area contributed by atoms with Crippen molar-refractivity contribution >= 4 is 28.3 Å². The molecule has 0 saturated carbocycles. The third kappa shape index (κ3) is 3.46. The number of carbonyl (C=O) groups is 1. The third-order valence-corrected chi connectivity index (χ3v) is 5.61. The Morgan fingerprint density at radius 3 is 2.66 bits per heavy atom. The zero-order chi connectivity index (χ0) is 22.2. The molecule has 0 aliphatic heterocycles. The average molecular weight is 448 g/mol. The van der Waals surface area contributed by atoms with Crippen LogP contribution in [0.2, 0.25) is 5.02 Å². The summed E-state index contributed by atoms with van der Waals surface area (Å²) in [6.45, 7) is 2.47. The van der Waals surface area contributed by atoms with Crippen molar-refractivity contribution in [1.29, 1.82) is 0 Å². The average Bonchev–Trinajstić information content (AvgIpc) is 3.54. The van der Waals surface area contributed by atoms with Crippen LogP contribution in [0.1, 0.15) is 27.5 Å². The molecule has 2 aromatic carbocycles. The first kappa shape index (κ1) is 20.1. The molecule has 0 saturated heterocycles. The zero-order valence-corrected chi connectivity index (χ0v) is 18.1. The minimum absolute atomic E-state index is 0.104. The molecule has 0 aliphatic rings. The second kappa shape index (κ2) is 8.01. The number of benzene rings is 2. The fraction of sp³-hybridized carbons (Fsp3) is 0.125. The normalized spacial score (nSPS) is 11.2. The number of aromatic nitrogens is 3. The minimum Gasteiger partial charge on any atom is -0.497 e. The Morgan fingerprint density at radius 1 is 1.12 bits per heavy atom. The van der Waals surface area contributed by atoms with Gasteiger partial charge >= 0.3 is 0 Å². The monoisotopic (exact) mass is 447 g/mol. The standard InChI is InChI=1S/C24H18ClN3O4/c1-14-21(22(29)24-27-26-23(32-24)20-4-3-11-31-20)18-12-17(30-2)9-10-19(18)28(14)13-15-5-7-16(25)8-6-15/h3-12H,13H2,1-2H3. The van der Waals surface area contributed by atoms with E-state index in [1.807, 2.05) is 49.4 Å². The van der Waals surface area contributed by atoms with Crippen molar-refractivity contribution in [2.75, 3.05) is 7.11 Å². The maximum atomic E-state index is 13.5. The summed E-state index contributed by atoms with van der Waals surface area (Å²) in [5.74, 6) is 0.740. The Balaban J connectivity index is 1.62. The van der Waals surface area contributed by atoms with Crippen molar-refractivity contribution in [3.63, 3.8) is 0 Å². The van der Waals surface area contributed by atoms with Gasteiger partial charge in [0, 0.05) is 28.2 Å². The summed E-state index contributed by atoms with van der Waals surface area (Å²) in [5, 5.41) is 9.34. The van der Waals surface area contributed by atoms with E-state index in [-0.39, 0.29) is 17.6 Å². The minimum atomic E-state index is -0.360. The van der Waals surface area contributed by atoms with Gasteiger partial charge < -0.3 is 18.1 Å². The van der Waals surface area contributed by atoms with Crippen LogP contribution < -0.4 is 4.74 Å². The van der Waals surface area contributed by atoms with Gasteiger partial charge in [-0.05, 0) is 55.0 Å². The Bertz CT molecular complexity index is 1420. The molecular weight excluding hydrogens is 430 g/mol. The molecule has 0 unspecified atom stereocenters. The van der Waals surface area contributed by atoms with Crippen LogP contribution in [0.25, 0.3) is 22.6 Å². The first-order chi connectivity index (χ1) is 15.5. The first-order valence-corrected chi connectivity index (χ1v) is 10.3. The number of hydrogen-bond donors (Lipinski definition) is 0. The van der Waals surface area contributed by atoms with Gasteiger partial charge in [0.1, 0.15) is 5.75 Å². The number of methoxy groups -OCH3 is 1. The third-order valence-electron chi connectivity index (χ3n) is 5.36. The summed E-state index contributed by atoms with van der Waals surface area (Å²) < 4.78 is 18.4. The molecule has 0 bridgehead atoms. The van der Waals surface area contributed by atoms with Crippen LogP contribution >= 0.6 is 11.6 Å². The number of nitrogens with zero attached hydrogens (tertiary/aromatic N) is 3. The second-order valence-corrected chi connectivity index (χ2v) is 7.71. The quantitative estimate of drug-likeness (QED) is 0.318. The second-order valence-electron chi connectivity index (χ2n) is 7.27. The van der Waals surface area contributed by atoms with Crippen molar-refractivity contribution in [3.8, 4) is 17.4 Å².